The number of sulfonamides is 1. The second-order valence-electron chi connectivity index (χ2n) is 4.86. The van der Waals surface area contributed by atoms with Crippen LogP contribution in [0.3, 0.4) is 0 Å². The molecule has 0 saturated carbocycles. The highest BCUT2D eigenvalue weighted by atomic mass is 32.2. The average molecular weight is 285 g/mol. The van der Waals surface area contributed by atoms with Gasteiger partial charge in [-0.2, -0.15) is 4.31 Å². The first-order chi connectivity index (χ1) is 9.12. The molecule has 1 fully saturated rings. The Balaban J connectivity index is 1.94. The van der Waals surface area contributed by atoms with Gasteiger partial charge < -0.3 is 10.0 Å². The molecule has 0 aliphatic carbocycles. The summed E-state index contributed by atoms with van der Waals surface area (Å²) in [6.45, 7) is 3.50. The zero-order valence-corrected chi connectivity index (χ0v) is 11.8. The fraction of sp³-hybridized carbons (Fsp3) is 0.538. The highest BCUT2D eigenvalue weighted by Gasteiger charge is 2.28. The zero-order chi connectivity index (χ0) is 13.7. The van der Waals surface area contributed by atoms with E-state index in [4.69, 9.17) is 5.11 Å². The van der Waals surface area contributed by atoms with Crippen LogP contribution in [0.4, 0.5) is 0 Å². The van der Waals surface area contributed by atoms with Gasteiger partial charge in [0.15, 0.2) is 0 Å². The Morgan fingerprint density at radius 2 is 1.79 bits per heavy atom. The first-order valence-corrected chi connectivity index (χ1v) is 8.19. The quantitative estimate of drug-likeness (QED) is 0.708. The Morgan fingerprint density at radius 1 is 1.16 bits per heavy atom. The Labute approximate surface area is 114 Å². The number of hydrogen-bond acceptors (Lipinski definition) is 3. The summed E-state index contributed by atoms with van der Waals surface area (Å²) in [5.41, 5.74) is 0.827. The zero-order valence-electron chi connectivity index (χ0n) is 11.0. The normalized spacial score (nSPS) is 18.6. The van der Waals surface area contributed by atoms with Crippen molar-refractivity contribution in [1.82, 2.24) is 4.31 Å². The molecule has 1 aromatic carbocycles. The van der Waals surface area contributed by atoms with Crippen molar-refractivity contribution in [2.24, 2.45) is 0 Å². The second kappa shape index (κ2) is 6.47. The fourth-order valence-electron chi connectivity index (χ4n) is 2.36. The molecular formula is C13H21N2O3S+. The molecule has 0 atom stereocenters. The third-order valence-electron chi connectivity index (χ3n) is 3.48. The first-order valence-electron chi connectivity index (χ1n) is 6.58. The van der Waals surface area contributed by atoms with Gasteiger partial charge in [0.05, 0.1) is 38.5 Å². The Hall–Kier alpha value is -0.950. The molecule has 1 aliphatic rings. The van der Waals surface area contributed by atoms with E-state index in [1.165, 1.54) is 4.90 Å². The molecule has 0 unspecified atom stereocenters. The van der Waals surface area contributed by atoms with Gasteiger partial charge in [-0.25, -0.2) is 8.42 Å². The van der Waals surface area contributed by atoms with Gasteiger partial charge in [-0.15, -0.1) is 0 Å². The molecule has 6 heteroatoms. The lowest BCUT2D eigenvalue weighted by Gasteiger charge is -2.31. The largest absolute Gasteiger partial charge is 0.391 e. The first kappa shape index (κ1) is 14.5. The van der Waals surface area contributed by atoms with Gasteiger partial charge in [-0.1, -0.05) is 30.3 Å². The fourth-order valence-corrected chi connectivity index (χ4v) is 3.90. The van der Waals surface area contributed by atoms with Crippen molar-refractivity contribution in [3.63, 3.8) is 0 Å². The molecule has 0 spiro atoms. The number of quaternary nitrogens is 1. The maximum Gasteiger partial charge on any atom is 0.218 e. The predicted molar refractivity (Wildman–Crippen MR) is 73.3 cm³/mol. The number of rotatable bonds is 5. The lowest BCUT2D eigenvalue weighted by molar-refractivity contribution is -0.904. The molecule has 0 aromatic heterocycles. The topological polar surface area (TPSA) is 62.0 Å². The van der Waals surface area contributed by atoms with Crippen LogP contribution in [-0.2, 0) is 15.8 Å². The summed E-state index contributed by atoms with van der Waals surface area (Å²) in [5.74, 6) is 0.0726. The van der Waals surface area contributed by atoms with Gasteiger partial charge in [0.1, 0.15) is 6.54 Å². The minimum Gasteiger partial charge on any atom is -0.391 e. The molecule has 5 nitrogen and oxygen atoms in total. The number of nitrogens with one attached hydrogen (secondary N) is 1. The van der Waals surface area contributed by atoms with Crippen LogP contribution in [0.15, 0.2) is 30.3 Å². The molecule has 106 valence electrons. The van der Waals surface area contributed by atoms with Crippen molar-refractivity contribution < 1.29 is 18.4 Å². The molecule has 0 amide bonds. The number of aliphatic hydroxyl groups is 1. The van der Waals surface area contributed by atoms with E-state index in [0.29, 0.717) is 19.6 Å². The molecule has 1 heterocycles. The van der Waals surface area contributed by atoms with Crippen LogP contribution in [0.1, 0.15) is 5.56 Å². The maximum absolute atomic E-state index is 12.3. The standard InChI is InChI=1S/C13H20N2O3S/c16-11-10-14-6-8-15(9-7-14)19(17,18)12-13-4-2-1-3-5-13/h1-5,16H,6-12H2/p+1. The SMILES string of the molecule is O=S(=O)(Cc1ccccc1)N1CC[NH+](CCO)CC1. The van der Waals surface area contributed by atoms with E-state index in [0.717, 1.165) is 18.7 Å². The summed E-state index contributed by atoms with van der Waals surface area (Å²) in [6, 6.07) is 9.27. The van der Waals surface area contributed by atoms with Crippen LogP contribution in [0.25, 0.3) is 0 Å². The third kappa shape index (κ3) is 4.01. The number of hydrogen-bond donors (Lipinski definition) is 2. The molecule has 1 saturated heterocycles. The van der Waals surface area contributed by atoms with E-state index in [-0.39, 0.29) is 12.4 Å². The third-order valence-corrected chi connectivity index (χ3v) is 5.33. The highest BCUT2D eigenvalue weighted by molar-refractivity contribution is 7.88. The summed E-state index contributed by atoms with van der Waals surface area (Å²) in [4.78, 5) is 1.27. The smallest absolute Gasteiger partial charge is 0.218 e. The summed E-state index contributed by atoms with van der Waals surface area (Å²) >= 11 is 0. The van der Waals surface area contributed by atoms with E-state index < -0.39 is 10.0 Å². The van der Waals surface area contributed by atoms with Crippen LogP contribution in [0, 0.1) is 0 Å². The summed E-state index contributed by atoms with van der Waals surface area (Å²) in [5, 5.41) is 8.89. The second-order valence-corrected chi connectivity index (χ2v) is 6.83. The molecule has 0 radical (unpaired) electrons. The van der Waals surface area contributed by atoms with Gasteiger partial charge >= 0.3 is 0 Å². The molecular weight excluding hydrogens is 264 g/mol. The average Bonchev–Trinajstić information content (AvgIpc) is 2.40. The summed E-state index contributed by atoms with van der Waals surface area (Å²) in [6.07, 6.45) is 0. The van der Waals surface area contributed by atoms with Crippen LogP contribution in [-0.4, -0.2) is 57.2 Å². The van der Waals surface area contributed by atoms with Crippen molar-refractivity contribution in [3.05, 3.63) is 35.9 Å². The molecule has 0 bridgehead atoms. The number of nitrogens with zero attached hydrogens (tertiary/aromatic N) is 1. The van der Waals surface area contributed by atoms with Crippen molar-refractivity contribution in [2.45, 2.75) is 5.75 Å². The monoisotopic (exact) mass is 285 g/mol. The van der Waals surface area contributed by atoms with E-state index in [9.17, 15) is 8.42 Å². The van der Waals surface area contributed by atoms with E-state index in [2.05, 4.69) is 0 Å². The van der Waals surface area contributed by atoms with Crippen LogP contribution < -0.4 is 4.90 Å². The molecule has 1 aromatic rings. The summed E-state index contributed by atoms with van der Waals surface area (Å²) in [7, 11) is -3.22. The Morgan fingerprint density at radius 3 is 2.37 bits per heavy atom. The molecule has 2 rings (SSSR count). The van der Waals surface area contributed by atoms with Gasteiger partial charge in [0.2, 0.25) is 10.0 Å². The molecule has 1 aliphatic heterocycles. The van der Waals surface area contributed by atoms with E-state index in [1.54, 1.807) is 4.31 Å². The van der Waals surface area contributed by atoms with Gasteiger partial charge in [0, 0.05) is 0 Å². The minimum absolute atomic E-state index is 0.0726. The van der Waals surface area contributed by atoms with E-state index >= 15 is 0 Å². The van der Waals surface area contributed by atoms with Gasteiger partial charge in [-0.05, 0) is 5.56 Å². The van der Waals surface area contributed by atoms with Crippen LogP contribution in [0.2, 0.25) is 0 Å². The minimum atomic E-state index is -3.22. The van der Waals surface area contributed by atoms with E-state index in [1.807, 2.05) is 30.3 Å². The van der Waals surface area contributed by atoms with Crippen LogP contribution >= 0.6 is 0 Å². The Kier molecular flexibility index (Phi) is 4.93. The maximum atomic E-state index is 12.3. The number of aliphatic hydroxyl groups excluding tert-OH is 1. The number of benzene rings is 1. The van der Waals surface area contributed by atoms with Crippen molar-refractivity contribution in [1.29, 1.82) is 0 Å². The lowest BCUT2D eigenvalue weighted by Crippen LogP contribution is -3.15. The molecule has 2 N–H and O–H groups in total. The van der Waals surface area contributed by atoms with Crippen molar-refractivity contribution >= 4 is 10.0 Å². The number of piperazine rings is 1. The predicted octanol–water partition coefficient (Wildman–Crippen LogP) is -1.29. The highest BCUT2D eigenvalue weighted by Crippen LogP contribution is 2.10. The van der Waals surface area contributed by atoms with Crippen molar-refractivity contribution in [2.75, 3.05) is 39.3 Å². The summed E-state index contributed by atoms with van der Waals surface area (Å²) < 4.78 is 26.1. The van der Waals surface area contributed by atoms with Gasteiger partial charge in [-0.3, -0.25) is 0 Å². The lowest BCUT2D eigenvalue weighted by atomic mass is 10.2. The molecule has 19 heavy (non-hydrogen) atoms. The van der Waals surface area contributed by atoms with Crippen molar-refractivity contribution in [3.8, 4) is 0 Å². The Bertz CT molecular complexity index is 482. The van der Waals surface area contributed by atoms with Gasteiger partial charge in [0.25, 0.3) is 0 Å². The van der Waals surface area contributed by atoms with Crippen LogP contribution in [0.5, 0.6) is 0 Å².